The van der Waals surface area contributed by atoms with E-state index < -0.39 is 0 Å². The molecule has 1 aliphatic heterocycles. The average Bonchev–Trinajstić information content (AvgIpc) is 2.94. The van der Waals surface area contributed by atoms with Gasteiger partial charge in [0.25, 0.3) is 0 Å². The molecule has 0 spiro atoms. The van der Waals surface area contributed by atoms with Crippen molar-refractivity contribution in [1.82, 2.24) is 25.0 Å². The molecule has 1 aliphatic rings. The maximum atomic E-state index is 5.16. The molecule has 0 bridgehead atoms. The van der Waals surface area contributed by atoms with Crippen LogP contribution in [0.2, 0.25) is 0 Å². The highest BCUT2D eigenvalue weighted by Gasteiger charge is 2.19. The molecule has 0 atom stereocenters. The van der Waals surface area contributed by atoms with Gasteiger partial charge in [0, 0.05) is 0 Å². The van der Waals surface area contributed by atoms with E-state index in [-0.39, 0.29) is 6.04 Å². The Morgan fingerprint density at radius 3 is 2.77 bits per heavy atom. The zero-order valence-corrected chi connectivity index (χ0v) is 11.9. The van der Waals surface area contributed by atoms with E-state index in [2.05, 4.69) is 25.6 Å². The van der Waals surface area contributed by atoms with Crippen LogP contribution in [-0.2, 0) is 4.74 Å². The summed E-state index contributed by atoms with van der Waals surface area (Å²) in [6, 6.07) is 7.82. The molecule has 112 valence electrons. The number of nitrogens with zero attached hydrogens (tertiary/aromatic N) is 5. The molecule has 1 aromatic carbocycles. The van der Waals surface area contributed by atoms with Gasteiger partial charge in [0.1, 0.15) is 5.75 Å². The topological polar surface area (TPSA) is 87.0 Å². The van der Waals surface area contributed by atoms with Crippen LogP contribution in [0.5, 0.6) is 5.75 Å². The van der Waals surface area contributed by atoms with Crippen LogP contribution in [0, 0.1) is 0 Å². The number of methoxy groups -OCH3 is 1. The lowest BCUT2D eigenvalue weighted by Gasteiger charge is -2.26. The van der Waals surface area contributed by atoms with Crippen molar-refractivity contribution in [2.24, 2.45) is 0 Å². The lowest BCUT2D eigenvalue weighted by Crippen LogP contribution is -2.40. The van der Waals surface area contributed by atoms with E-state index in [4.69, 9.17) is 9.47 Å². The summed E-state index contributed by atoms with van der Waals surface area (Å²) in [7, 11) is 1.63. The van der Waals surface area contributed by atoms with Crippen molar-refractivity contribution < 1.29 is 9.47 Å². The predicted molar refractivity (Wildman–Crippen MR) is 79.2 cm³/mol. The van der Waals surface area contributed by atoms with E-state index in [0.717, 1.165) is 11.4 Å². The van der Waals surface area contributed by atoms with Crippen LogP contribution in [0.1, 0.15) is 0 Å². The van der Waals surface area contributed by atoms with Gasteiger partial charge < -0.3 is 14.8 Å². The fraction of sp³-hybridized carbons (Fsp3) is 0.286. The van der Waals surface area contributed by atoms with Crippen LogP contribution in [0.15, 0.2) is 30.5 Å². The van der Waals surface area contributed by atoms with Gasteiger partial charge in [-0.2, -0.15) is 9.67 Å². The van der Waals surface area contributed by atoms with Gasteiger partial charge in [0.05, 0.1) is 38.2 Å². The Balaban J connectivity index is 1.71. The number of fused-ring (bicyclic) bond motifs is 1. The zero-order chi connectivity index (χ0) is 14.9. The molecule has 4 rings (SSSR count). The minimum absolute atomic E-state index is 0.266. The fourth-order valence-corrected chi connectivity index (χ4v) is 2.20. The summed E-state index contributed by atoms with van der Waals surface area (Å²) in [6.07, 6.45) is 1.66. The Morgan fingerprint density at radius 1 is 1.27 bits per heavy atom. The first kappa shape index (κ1) is 13.0. The number of ether oxygens (including phenoxy) is 2. The largest absolute Gasteiger partial charge is 0.497 e. The van der Waals surface area contributed by atoms with Gasteiger partial charge >= 0.3 is 0 Å². The second-order valence-corrected chi connectivity index (χ2v) is 4.98. The average molecular weight is 298 g/mol. The number of nitrogens with one attached hydrogen (secondary N) is 1. The number of hydrogen-bond donors (Lipinski definition) is 1. The van der Waals surface area contributed by atoms with E-state index in [9.17, 15) is 0 Å². The van der Waals surface area contributed by atoms with Gasteiger partial charge in [-0.25, -0.2) is 4.98 Å². The molecule has 22 heavy (non-hydrogen) atoms. The second-order valence-electron chi connectivity index (χ2n) is 4.98. The Hall–Kier alpha value is -2.74. The number of hydrogen-bond acceptors (Lipinski definition) is 7. The number of rotatable bonds is 4. The zero-order valence-electron chi connectivity index (χ0n) is 11.9. The number of benzene rings is 1. The molecule has 0 aliphatic carbocycles. The predicted octanol–water partition coefficient (Wildman–Crippen LogP) is 1.03. The van der Waals surface area contributed by atoms with Gasteiger partial charge in [-0.3, -0.25) is 0 Å². The summed E-state index contributed by atoms with van der Waals surface area (Å²) in [4.78, 5) is 8.75. The highest BCUT2D eigenvalue weighted by molar-refractivity contribution is 5.72. The smallest absolute Gasteiger partial charge is 0.225 e. The summed E-state index contributed by atoms with van der Waals surface area (Å²) >= 11 is 0. The van der Waals surface area contributed by atoms with Crippen molar-refractivity contribution in [2.75, 3.05) is 25.6 Å². The molecule has 1 N–H and O–H groups in total. The molecule has 0 amide bonds. The normalized spacial score (nSPS) is 14.8. The molecule has 2 aromatic heterocycles. The van der Waals surface area contributed by atoms with Gasteiger partial charge in [-0.15, -0.1) is 5.10 Å². The number of aromatic nitrogens is 5. The quantitative estimate of drug-likeness (QED) is 0.769. The lowest BCUT2D eigenvalue weighted by atomic mass is 10.3. The van der Waals surface area contributed by atoms with Crippen molar-refractivity contribution in [3.63, 3.8) is 0 Å². The summed E-state index contributed by atoms with van der Waals surface area (Å²) in [5.74, 6) is 1.34. The molecule has 1 fully saturated rings. The van der Waals surface area contributed by atoms with Gasteiger partial charge in [0.15, 0.2) is 11.2 Å². The molecule has 1 saturated heterocycles. The Morgan fingerprint density at radius 2 is 2.09 bits per heavy atom. The van der Waals surface area contributed by atoms with Crippen molar-refractivity contribution in [1.29, 1.82) is 0 Å². The van der Waals surface area contributed by atoms with Crippen molar-refractivity contribution >= 4 is 17.1 Å². The highest BCUT2D eigenvalue weighted by Crippen LogP contribution is 2.18. The van der Waals surface area contributed by atoms with E-state index in [1.165, 1.54) is 0 Å². The van der Waals surface area contributed by atoms with Crippen LogP contribution in [0.4, 0.5) is 5.95 Å². The highest BCUT2D eigenvalue weighted by atomic mass is 16.5. The third-order valence-electron chi connectivity index (χ3n) is 3.48. The fourth-order valence-electron chi connectivity index (χ4n) is 2.20. The van der Waals surface area contributed by atoms with Crippen LogP contribution >= 0.6 is 0 Å². The Labute approximate surface area is 126 Å². The number of anilines is 1. The molecule has 0 saturated carbocycles. The van der Waals surface area contributed by atoms with Gasteiger partial charge in [-0.05, 0) is 24.3 Å². The van der Waals surface area contributed by atoms with Gasteiger partial charge in [-0.1, -0.05) is 5.21 Å². The molecular weight excluding hydrogens is 284 g/mol. The van der Waals surface area contributed by atoms with Crippen molar-refractivity contribution in [3.05, 3.63) is 30.5 Å². The summed E-state index contributed by atoms with van der Waals surface area (Å²) in [5, 5.41) is 11.5. The minimum atomic E-state index is 0.266. The monoisotopic (exact) mass is 298 g/mol. The molecule has 0 unspecified atom stereocenters. The summed E-state index contributed by atoms with van der Waals surface area (Å²) in [5.41, 5.74) is 2.16. The first-order chi connectivity index (χ1) is 10.8. The Bertz CT molecular complexity index is 797. The third-order valence-corrected chi connectivity index (χ3v) is 3.48. The van der Waals surface area contributed by atoms with Crippen LogP contribution in [0.25, 0.3) is 16.9 Å². The van der Waals surface area contributed by atoms with E-state index in [1.807, 2.05) is 24.3 Å². The molecular formula is C14H14N6O2. The maximum Gasteiger partial charge on any atom is 0.225 e. The minimum Gasteiger partial charge on any atom is -0.497 e. The van der Waals surface area contributed by atoms with E-state index in [0.29, 0.717) is 30.3 Å². The van der Waals surface area contributed by atoms with Crippen LogP contribution in [0.3, 0.4) is 0 Å². The molecule has 3 heterocycles. The standard InChI is InChI=1S/C14H14N6O2/c1-21-11-4-2-10(3-5-11)20-13-12(18-19-20)6-15-14(17-13)16-9-7-22-8-9/h2-6,9H,7-8H2,1H3,(H,15,16,17). The van der Waals surface area contributed by atoms with Crippen molar-refractivity contribution in [2.45, 2.75) is 6.04 Å². The van der Waals surface area contributed by atoms with E-state index >= 15 is 0 Å². The molecule has 3 aromatic rings. The second kappa shape index (κ2) is 5.23. The summed E-state index contributed by atoms with van der Waals surface area (Å²) < 4.78 is 12.0. The molecule has 0 radical (unpaired) electrons. The first-order valence-electron chi connectivity index (χ1n) is 6.90. The maximum absolute atomic E-state index is 5.16. The SMILES string of the molecule is COc1ccc(-n2nnc3cnc(NC4COC4)nc32)cc1. The van der Waals surface area contributed by atoms with Crippen LogP contribution in [-0.4, -0.2) is 51.3 Å². The first-order valence-corrected chi connectivity index (χ1v) is 6.90. The van der Waals surface area contributed by atoms with Crippen molar-refractivity contribution in [3.8, 4) is 11.4 Å². The molecule has 8 nitrogen and oxygen atoms in total. The lowest BCUT2D eigenvalue weighted by molar-refractivity contribution is 0.0208. The molecule has 8 heteroatoms. The summed E-state index contributed by atoms with van der Waals surface area (Å²) in [6.45, 7) is 1.36. The third kappa shape index (κ3) is 2.23. The van der Waals surface area contributed by atoms with E-state index in [1.54, 1.807) is 18.0 Å². The van der Waals surface area contributed by atoms with Gasteiger partial charge in [0.2, 0.25) is 5.95 Å². The van der Waals surface area contributed by atoms with Crippen LogP contribution < -0.4 is 10.1 Å². The Kier molecular flexibility index (Phi) is 3.08.